The average Bonchev–Trinajstić information content (AvgIpc) is 2.83. The van der Waals surface area contributed by atoms with Crippen molar-refractivity contribution in [3.63, 3.8) is 0 Å². The van der Waals surface area contributed by atoms with Crippen LogP contribution in [-0.2, 0) is 0 Å². The molecule has 0 spiro atoms. The summed E-state index contributed by atoms with van der Waals surface area (Å²) in [6.07, 6.45) is 4.90. The molecule has 0 amide bonds. The highest BCUT2D eigenvalue weighted by atomic mass is 79.9. The van der Waals surface area contributed by atoms with Gasteiger partial charge in [-0.05, 0) is 30.7 Å². The number of furan rings is 1. The van der Waals surface area contributed by atoms with Crippen molar-refractivity contribution < 1.29 is 4.42 Å². The number of benzene rings is 1. The van der Waals surface area contributed by atoms with Gasteiger partial charge in [-0.15, -0.1) is 0 Å². The minimum Gasteiger partial charge on any atom is -0.459 e. The summed E-state index contributed by atoms with van der Waals surface area (Å²) in [4.78, 5) is 8.23. The highest BCUT2D eigenvalue weighted by molar-refractivity contribution is 9.10. The third kappa shape index (κ3) is 2.27. The third-order valence-corrected chi connectivity index (χ3v) is 3.45. The molecule has 19 heavy (non-hydrogen) atoms. The molecule has 2 aromatic heterocycles. The predicted octanol–water partition coefficient (Wildman–Crippen LogP) is 3.34. The van der Waals surface area contributed by atoms with Gasteiger partial charge in [-0.25, -0.2) is 0 Å². The van der Waals surface area contributed by atoms with E-state index in [1.807, 2.05) is 25.1 Å². The van der Waals surface area contributed by atoms with Crippen LogP contribution in [0.2, 0.25) is 0 Å². The second-order valence-electron chi connectivity index (χ2n) is 4.40. The molecule has 0 radical (unpaired) electrons. The molecule has 5 heteroatoms. The zero-order valence-electron chi connectivity index (χ0n) is 10.3. The van der Waals surface area contributed by atoms with Crippen molar-refractivity contribution in [2.45, 2.75) is 13.0 Å². The maximum absolute atomic E-state index is 6.16. The van der Waals surface area contributed by atoms with Crippen LogP contribution < -0.4 is 5.73 Å². The molecule has 4 nitrogen and oxygen atoms in total. The number of fused-ring (bicyclic) bond motifs is 1. The van der Waals surface area contributed by atoms with E-state index in [1.165, 1.54) is 0 Å². The number of aryl methyl sites for hydroxylation is 1. The molecular weight excluding hydrogens is 306 g/mol. The fourth-order valence-corrected chi connectivity index (χ4v) is 2.66. The lowest BCUT2D eigenvalue weighted by Gasteiger charge is -2.06. The highest BCUT2D eigenvalue weighted by Gasteiger charge is 2.16. The first-order chi connectivity index (χ1) is 9.15. The SMILES string of the molecule is Cc1cc(Br)cc2cc(C(N)c3cnccn3)oc12. The standard InChI is InChI=1S/C14H12BrN3O/c1-8-4-10(15)5-9-6-12(19-14(8)9)13(16)11-7-17-2-3-18-11/h2-7,13H,16H2,1H3. The summed E-state index contributed by atoms with van der Waals surface area (Å²) in [5.41, 5.74) is 8.78. The summed E-state index contributed by atoms with van der Waals surface area (Å²) in [7, 11) is 0. The van der Waals surface area contributed by atoms with Gasteiger partial charge in [0, 0.05) is 22.3 Å². The number of nitrogens with two attached hydrogens (primary N) is 1. The molecule has 0 aliphatic carbocycles. The van der Waals surface area contributed by atoms with Crippen LogP contribution in [0.4, 0.5) is 0 Å². The van der Waals surface area contributed by atoms with Gasteiger partial charge >= 0.3 is 0 Å². The van der Waals surface area contributed by atoms with E-state index in [-0.39, 0.29) is 0 Å². The molecule has 0 bridgehead atoms. The van der Waals surface area contributed by atoms with E-state index >= 15 is 0 Å². The quantitative estimate of drug-likeness (QED) is 0.787. The Morgan fingerprint density at radius 1 is 1.26 bits per heavy atom. The lowest BCUT2D eigenvalue weighted by molar-refractivity contribution is 0.518. The molecular formula is C14H12BrN3O. The van der Waals surface area contributed by atoms with Gasteiger partial charge < -0.3 is 10.2 Å². The summed E-state index contributed by atoms with van der Waals surface area (Å²) >= 11 is 3.48. The van der Waals surface area contributed by atoms with Crippen molar-refractivity contribution in [2.24, 2.45) is 5.73 Å². The predicted molar refractivity (Wildman–Crippen MR) is 76.7 cm³/mol. The van der Waals surface area contributed by atoms with Gasteiger partial charge in [0.25, 0.3) is 0 Å². The summed E-state index contributed by atoms with van der Waals surface area (Å²) in [5.74, 6) is 0.691. The lowest BCUT2D eigenvalue weighted by Crippen LogP contribution is -2.12. The molecule has 0 saturated heterocycles. The largest absolute Gasteiger partial charge is 0.459 e. The van der Waals surface area contributed by atoms with E-state index in [0.29, 0.717) is 11.5 Å². The Hall–Kier alpha value is -1.72. The van der Waals surface area contributed by atoms with E-state index in [2.05, 4.69) is 25.9 Å². The summed E-state index contributed by atoms with van der Waals surface area (Å²) < 4.78 is 6.88. The first-order valence-corrected chi connectivity index (χ1v) is 6.65. The van der Waals surface area contributed by atoms with Crippen LogP contribution in [0.25, 0.3) is 11.0 Å². The molecule has 96 valence electrons. The summed E-state index contributed by atoms with van der Waals surface area (Å²) in [6, 6.07) is 5.58. The number of halogens is 1. The third-order valence-electron chi connectivity index (χ3n) is 2.99. The zero-order chi connectivity index (χ0) is 13.4. The van der Waals surface area contributed by atoms with Crippen LogP contribution in [0.1, 0.15) is 23.1 Å². The molecule has 1 unspecified atom stereocenters. The van der Waals surface area contributed by atoms with Crippen molar-refractivity contribution in [1.82, 2.24) is 9.97 Å². The molecule has 0 saturated carbocycles. The molecule has 3 aromatic rings. The Morgan fingerprint density at radius 2 is 2.11 bits per heavy atom. The smallest absolute Gasteiger partial charge is 0.137 e. The monoisotopic (exact) mass is 317 g/mol. The van der Waals surface area contributed by atoms with Gasteiger partial charge in [0.15, 0.2) is 0 Å². The van der Waals surface area contributed by atoms with E-state index in [9.17, 15) is 0 Å². The van der Waals surface area contributed by atoms with Crippen LogP contribution in [0.15, 0.2) is 45.7 Å². The number of nitrogens with zero attached hydrogens (tertiary/aromatic N) is 2. The van der Waals surface area contributed by atoms with Gasteiger partial charge in [0.05, 0.1) is 11.9 Å². The second kappa shape index (κ2) is 4.75. The zero-order valence-corrected chi connectivity index (χ0v) is 11.9. The molecule has 2 heterocycles. The van der Waals surface area contributed by atoms with Gasteiger partial charge in [-0.3, -0.25) is 9.97 Å². The van der Waals surface area contributed by atoms with Crippen molar-refractivity contribution in [3.8, 4) is 0 Å². The Bertz CT molecular complexity index is 724. The van der Waals surface area contributed by atoms with Crippen molar-refractivity contribution in [3.05, 3.63) is 58.3 Å². The van der Waals surface area contributed by atoms with Gasteiger partial charge in [0.2, 0.25) is 0 Å². The first kappa shape index (κ1) is 12.3. The lowest BCUT2D eigenvalue weighted by atomic mass is 10.1. The fourth-order valence-electron chi connectivity index (χ4n) is 2.07. The minimum atomic E-state index is -0.403. The minimum absolute atomic E-state index is 0.403. The Balaban J connectivity index is 2.09. The van der Waals surface area contributed by atoms with Crippen molar-refractivity contribution in [1.29, 1.82) is 0 Å². The van der Waals surface area contributed by atoms with Crippen LogP contribution in [-0.4, -0.2) is 9.97 Å². The van der Waals surface area contributed by atoms with E-state index in [4.69, 9.17) is 10.2 Å². The fraction of sp³-hybridized carbons (Fsp3) is 0.143. The Labute approximate surface area is 118 Å². The molecule has 0 aliphatic rings. The van der Waals surface area contributed by atoms with Crippen LogP contribution in [0.5, 0.6) is 0 Å². The van der Waals surface area contributed by atoms with Crippen LogP contribution in [0, 0.1) is 6.92 Å². The molecule has 1 aromatic carbocycles. The Morgan fingerprint density at radius 3 is 2.84 bits per heavy atom. The number of rotatable bonds is 2. The van der Waals surface area contributed by atoms with Crippen molar-refractivity contribution in [2.75, 3.05) is 0 Å². The molecule has 0 aliphatic heterocycles. The first-order valence-electron chi connectivity index (χ1n) is 5.86. The highest BCUT2D eigenvalue weighted by Crippen LogP contribution is 2.30. The van der Waals surface area contributed by atoms with Gasteiger partial charge in [-0.1, -0.05) is 15.9 Å². The number of hydrogen-bond acceptors (Lipinski definition) is 4. The number of aromatic nitrogens is 2. The molecule has 1 atom stereocenters. The topological polar surface area (TPSA) is 64.9 Å². The second-order valence-corrected chi connectivity index (χ2v) is 5.31. The maximum Gasteiger partial charge on any atom is 0.137 e. The normalized spacial score (nSPS) is 12.8. The van der Waals surface area contributed by atoms with Crippen LogP contribution in [0.3, 0.4) is 0 Å². The van der Waals surface area contributed by atoms with E-state index in [1.54, 1.807) is 18.6 Å². The Kier molecular flexibility index (Phi) is 3.08. The summed E-state index contributed by atoms with van der Waals surface area (Å²) in [5, 5.41) is 1.03. The van der Waals surface area contributed by atoms with E-state index < -0.39 is 6.04 Å². The molecule has 2 N–H and O–H groups in total. The number of hydrogen-bond donors (Lipinski definition) is 1. The van der Waals surface area contributed by atoms with Gasteiger partial charge in [0.1, 0.15) is 17.4 Å². The van der Waals surface area contributed by atoms with Crippen molar-refractivity contribution >= 4 is 26.9 Å². The molecule has 0 fully saturated rings. The van der Waals surface area contributed by atoms with E-state index in [0.717, 1.165) is 21.0 Å². The van der Waals surface area contributed by atoms with Crippen LogP contribution >= 0.6 is 15.9 Å². The average molecular weight is 318 g/mol. The molecule has 3 rings (SSSR count). The maximum atomic E-state index is 6.16. The van der Waals surface area contributed by atoms with Gasteiger partial charge in [-0.2, -0.15) is 0 Å². The summed E-state index contributed by atoms with van der Waals surface area (Å²) in [6.45, 7) is 2.01.